The number of ether oxygens (including phenoxy) is 1. The van der Waals surface area contributed by atoms with Gasteiger partial charge in [0.25, 0.3) is 11.8 Å². The second kappa shape index (κ2) is 6.10. The number of fused-ring (bicyclic) bond motifs is 3. The van der Waals surface area contributed by atoms with Crippen molar-refractivity contribution in [3.63, 3.8) is 0 Å². The first kappa shape index (κ1) is 17.3. The number of nitrogens with one attached hydrogen (secondary N) is 1. The van der Waals surface area contributed by atoms with E-state index in [1.807, 2.05) is 54.4 Å². The number of methoxy groups -OCH3 is 1. The van der Waals surface area contributed by atoms with Gasteiger partial charge in [-0.05, 0) is 42.5 Å². The van der Waals surface area contributed by atoms with Crippen molar-refractivity contribution in [2.24, 2.45) is 0 Å². The predicted octanol–water partition coefficient (Wildman–Crippen LogP) is 3.60. The average molecular weight is 385 g/mol. The Balaban J connectivity index is 1.83. The van der Waals surface area contributed by atoms with Crippen LogP contribution in [-0.2, 0) is 10.5 Å². The lowest BCUT2D eigenvalue weighted by atomic mass is 9.90. The molecule has 6 nitrogen and oxygen atoms in total. The molecule has 0 aromatic heterocycles. The number of anilines is 3. The Labute approximate surface area is 168 Å². The van der Waals surface area contributed by atoms with Crippen molar-refractivity contribution in [2.45, 2.75) is 5.66 Å². The maximum Gasteiger partial charge on any atom is 0.276 e. The molecule has 2 aliphatic rings. The highest BCUT2D eigenvalue weighted by atomic mass is 16.5. The fourth-order valence-corrected chi connectivity index (χ4v) is 4.36. The molecule has 0 bridgehead atoms. The monoisotopic (exact) mass is 385 g/mol. The fraction of sp³-hybridized carbons (Fsp3) is 0.130. The Kier molecular flexibility index (Phi) is 3.64. The number of rotatable bonds is 2. The third-order valence-electron chi connectivity index (χ3n) is 5.71. The topological polar surface area (TPSA) is 61.9 Å². The minimum atomic E-state index is -1.32. The molecule has 0 saturated heterocycles. The van der Waals surface area contributed by atoms with E-state index in [1.165, 1.54) is 0 Å². The molecular weight excluding hydrogens is 366 g/mol. The molecule has 6 heteroatoms. The molecule has 3 aromatic carbocycles. The summed E-state index contributed by atoms with van der Waals surface area (Å²) in [6, 6.07) is 22.0. The smallest absolute Gasteiger partial charge is 0.276 e. The number of hydrogen-bond acceptors (Lipinski definition) is 4. The summed E-state index contributed by atoms with van der Waals surface area (Å²) in [6.45, 7) is 0. The number of hydrogen-bond donors (Lipinski definition) is 1. The second-order valence-electron chi connectivity index (χ2n) is 7.09. The highest BCUT2D eigenvalue weighted by molar-refractivity contribution is 6.22. The van der Waals surface area contributed by atoms with Crippen LogP contribution in [0.25, 0.3) is 0 Å². The molecule has 0 saturated carbocycles. The van der Waals surface area contributed by atoms with Crippen molar-refractivity contribution < 1.29 is 14.3 Å². The zero-order chi connectivity index (χ0) is 20.2. The van der Waals surface area contributed by atoms with Gasteiger partial charge in [0.15, 0.2) is 0 Å². The SMILES string of the molecule is COc1ccc(N2C(=O)c3ccccc3N(C)[C@]23C(=O)Nc2ccccc23)cc1. The normalized spacial score (nSPS) is 19.8. The molecule has 0 unspecified atom stereocenters. The Bertz CT molecular complexity index is 1140. The maximum absolute atomic E-state index is 13.7. The van der Waals surface area contributed by atoms with E-state index in [-0.39, 0.29) is 11.8 Å². The van der Waals surface area contributed by atoms with E-state index in [4.69, 9.17) is 4.74 Å². The Morgan fingerprint density at radius 1 is 0.897 bits per heavy atom. The molecule has 1 atom stereocenters. The fourth-order valence-electron chi connectivity index (χ4n) is 4.36. The Morgan fingerprint density at radius 2 is 1.59 bits per heavy atom. The van der Waals surface area contributed by atoms with Crippen molar-refractivity contribution in [1.82, 2.24) is 0 Å². The molecular formula is C23H19N3O3. The van der Waals surface area contributed by atoms with Gasteiger partial charge in [-0.2, -0.15) is 0 Å². The molecule has 29 heavy (non-hydrogen) atoms. The lowest BCUT2D eigenvalue weighted by Gasteiger charge is -2.50. The summed E-state index contributed by atoms with van der Waals surface area (Å²) in [7, 11) is 3.44. The highest BCUT2D eigenvalue weighted by Crippen LogP contribution is 2.50. The molecule has 3 aromatic rings. The van der Waals surface area contributed by atoms with E-state index in [9.17, 15) is 9.59 Å². The van der Waals surface area contributed by atoms with E-state index >= 15 is 0 Å². The van der Waals surface area contributed by atoms with Crippen molar-refractivity contribution in [1.29, 1.82) is 0 Å². The van der Waals surface area contributed by atoms with E-state index in [1.54, 1.807) is 42.3 Å². The van der Waals surface area contributed by atoms with Crippen LogP contribution in [0.2, 0.25) is 0 Å². The first-order chi connectivity index (χ1) is 14.1. The van der Waals surface area contributed by atoms with Crippen molar-refractivity contribution in [2.75, 3.05) is 29.3 Å². The molecule has 1 spiro atoms. The predicted molar refractivity (Wildman–Crippen MR) is 111 cm³/mol. The third-order valence-corrected chi connectivity index (χ3v) is 5.71. The molecule has 5 rings (SSSR count). The van der Waals surface area contributed by atoms with Crippen molar-refractivity contribution in [3.8, 4) is 5.75 Å². The Morgan fingerprint density at radius 3 is 2.34 bits per heavy atom. The second-order valence-corrected chi connectivity index (χ2v) is 7.09. The minimum Gasteiger partial charge on any atom is -0.497 e. The number of amides is 2. The number of likely N-dealkylation sites (N-methyl/N-ethyl adjacent to an activating group) is 1. The third kappa shape index (κ3) is 2.17. The van der Waals surface area contributed by atoms with Gasteiger partial charge in [0.1, 0.15) is 5.75 Å². The van der Waals surface area contributed by atoms with Crippen LogP contribution < -0.4 is 19.9 Å². The van der Waals surface area contributed by atoms with Crippen LogP contribution >= 0.6 is 0 Å². The van der Waals surface area contributed by atoms with Gasteiger partial charge >= 0.3 is 0 Å². The molecule has 144 valence electrons. The number of benzene rings is 3. The van der Waals surface area contributed by atoms with Crippen LogP contribution in [0.15, 0.2) is 72.8 Å². The summed E-state index contributed by atoms with van der Waals surface area (Å²) in [6.07, 6.45) is 0. The van der Waals surface area contributed by atoms with Crippen LogP contribution in [0.3, 0.4) is 0 Å². The lowest BCUT2D eigenvalue weighted by molar-refractivity contribution is -0.120. The van der Waals surface area contributed by atoms with Crippen molar-refractivity contribution >= 4 is 28.9 Å². The zero-order valence-corrected chi connectivity index (χ0v) is 16.0. The highest BCUT2D eigenvalue weighted by Gasteiger charge is 2.60. The van der Waals surface area contributed by atoms with Crippen LogP contribution in [0.4, 0.5) is 17.1 Å². The van der Waals surface area contributed by atoms with Gasteiger partial charge in [0.05, 0.1) is 18.4 Å². The average Bonchev–Trinajstić information content (AvgIpc) is 3.05. The van der Waals surface area contributed by atoms with Crippen LogP contribution in [-0.4, -0.2) is 26.0 Å². The summed E-state index contributed by atoms with van der Waals surface area (Å²) in [5, 5.41) is 2.96. The van der Waals surface area contributed by atoms with Gasteiger partial charge in [0.2, 0.25) is 5.66 Å². The van der Waals surface area contributed by atoms with Gasteiger partial charge in [0, 0.05) is 24.0 Å². The summed E-state index contributed by atoms with van der Waals surface area (Å²) >= 11 is 0. The summed E-state index contributed by atoms with van der Waals surface area (Å²) in [5.74, 6) is 0.188. The first-order valence-electron chi connectivity index (χ1n) is 9.31. The summed E-state index contributed by atoms with van der Waals surface area (Å²) < 4.78 is 5.26. The van der Waals surface area contributed by atoms with Gasteiger partial charge in [-0.3, -0.25) is 14.5 Å². The lowest BCUT2D eigenvalue weighted by Crippen LogP contribution is -2.66. The molecule has 0 aliphatic carbocycles. The Hall–Kier alpha value is -3.80. The largest absolute Gasteiger partial charge is 0.497 e. The van der Waals surface area contributed by atoms with Gasteiger partial charge in [-0.1, -0.05) is 30.3 Å². The molecule has 2 amide bonds. The van der Waals surface area contributed by atoms with E-state index in [0.29, 0.717) is 28.4 Å². The van der Waals surface area contributed by atoms with Gasteiger partial charge in [-0.25, -0.2) is 0 Å². The summed E-state index contributed by atoms with van der Waals surface area (Å²) in [5.41, 5.74) is 2.00. The maximum atomic E-state index is 13.7. The molecule has 0 radical (unpaired) electrons. The van der Waals surface area contributed by atoms with E-state index < -0.39 is 5.66 Å². The van der Waals surface area contributed by atoms with E-state index in [2.05, 4.69) is 5.32 Å². The van der Waals surface area contributed by atoms with Gasteiger partial charge in [-0.15, -0.1) is 0 Å². The van der Waals surface area contributed by atoms with Crippen molar-refractivity contribution in [3.05, 3.63) is 83.9 Å². The number of para-hydroxylation sites is 2. The molecule has 2 aliphatic heterocycles. The molecule has 0 fully saturated rings. The van der Waals surface area contributed by atoms with Crippen LogP contribution in [0.5, 0.6) is 5.75 Å². The number of carbonyl (C=O) groups excluding carboxylic acids is 2. The summed E-state index contributed by atoms with van der Waals surface area (Å²) in [4.78, 5) is 30.7. The first-order valence-corrected chi connectivity index (χ1v) is 9.31. The van der Waals surface area contributed by atoms with E-state index in [0.717, 1.165) is 5.56 Å². The zero-order valence-electron chi connectivity index (χ0n) is 16.0. The number of nitrogens with zero attached hydrogens (tertiary/aromatic N) is 2. The number of carbonyl (C=O) groups is 2. The van der Waals surface area contributed by atoms with Crippen LogP contribution in [0, 0.1) is 0 Å². The minimum absolute atomic E-state index is 0.226. The molecule has 1 N–H and O–H groups in total. The quantitative estimate of drug-likeness (QED) is 0.732. The molecule has 2 heterocycles. The standard InChI is InChI=1S/C23H19N3O3/c1-25-20-10-6-3-7-17(20)21(27)26(15-11-13-16(29-2)14-12-15)23(25)18-8-4-5-9-19(18)24-22(23)28/h3-14H,1-2H3,(H,24,28)/t23-/m0/s1. The van der Waals surface area contributed by atoms with Gasteiger partial charge < -0.3 is 15.0 Å². The van der Waals surface area contributed by atoms with Crippen LogP contribution in [0.1, 0.15) is 15.9 Å².